The fourth-order valence-electron chi connectivity index (χ4n) is 4.05. The van der Waals surface area contributed by atoms with Gasteiger partial charge >= 0.3 is 5.97 Å². The smallest absolute Gasteiger partial charge is 0.335 e. The Kier molecular flexibility index (Phi) is 6.67. The average molecular weight is 504 g/mol. The maximum atomic E-state index is 12.9. The second kappa shape index (κ2) is 10.0. The van der Waals surface area contributed by atoms with Crippen LogP contribution >= 0.6 is 11.8 Å². The highest BCUT2D eigenvalue weighted by Crippen LogP contribution is 2.35. The number of amidine groups is 1. The lowest BCUT2D eigenvalue weighted by Gasteiger charge is -2.28. The van der Waals surface area contributed by atoms with E-state index in [1.165, 1.54) is 16.7 Å². The predicted molar refractivity (Wildman–Crippen MR) is 141 cm³/mol. The molecule has 0 radical (unpaired) electrons. The number of hydrogen-bond donors (Lipinski definition) is 1. The number of amides is 1. The molecular weight excluding hydrogens is 478 g/mol. The summed E-state index contributed by atoms with van der Waals surface area (Å²) in [6.07, 6.45) is 1.69. The van der Waals surface area contributed by atoms with Crippen molar-refractivity contribution in [2.24, 2.45) is 4.99 Å². The summed E-state index contributed by atoms with van der Waals surface area (Å²) in [5.41, 5.74) is 3.68. The molecule has 0 bridgehead atoms. The molecule has 0 spiro atoms. The monoisotopic (exact) mass is 503 g/mol. The van der Waals surface area contributed by atoms with Crippen molar-refractivity contribution in [1.82, 2.24) is 4.90 Å². The van der Waals surface area contributed by atoms with Crippen molar-refractivity contribution in [3.05, 3.63) is 76.4 Å². The molecule has 0 saturated carbocycles. The Hall–Kier alpha value is -3.82. The number of thioether (sulfide) groups is 1. The summed E-state index contributed by atoms with van der Waals surface area (Å²) in [6, 6.07) is 16.4. The Morgan fingerprint density at radius 3 is 2.56 bits per heavy atom. The fraction of sp³-hybridized carbons (Fsp3) is 0.222. The van der Waals surface area contributed by atoms with E-state index in [1.807, 2.05) is 31.2 Å². The van der Waals surface area contributed by atoms with Gasteiger partial charge in [-0.2, -0.15) is 0 Å². The van der Waals surface area contributed by atoms with E-state index in [2.05, 4.69) is 9.89 Å². The number of aromatic carboxylic acids is 1. The van der Waals surface area contributed by atoms with E-state index in [0.717, 1.165) is 43.2 Å². The summed E-state index contributed by atoms with van der Waals surface area (Å²) < 4.78 is 11.4. The SMILES string of the molecule is Cc1ccc(C(=O)O)cc1-c1ccc(/C=C2\SC(=Nc3ccc(N4CCOCC4)cc3)N(C)C2=O)o1. The van der Waals surface area contributed by atoms with E-state index in [-0.39, 0.29) is 11.5 Å². The van der Waals surface area contributed by atoms with Crippen LogP contribution in [0.4, 0.5) is 11.4 Å². The molecule has 1 amide bonds. The van der Waals surface area contributed by atoms with Crippen molar-refractivity contribution in [3.63, 3.8) is 0 Å². The number of ether oxygens (including phenoxy) is 1. The molecule has 5 rings (SSSR count). The van der Waals surface area contributed by atoms with Crippen LogP contribution in [-0.2, 0) is 9.53 Å². The molecule has 0 unspecified atom stereocenters. The van der Waals surface area contributed by atoms with Gasteiger partial charge in [0.1, 0.15) is 11.5 Å². The summed E-state index contributed by atoms with van der Waals surface area (Å²) in [7, 11) is 1.70. The first-order valence-corrected chi connectivity index (χ1v) is 12.3. The molecule has 184 valence electrons. The molecule has 1 N–H and O–H groups in total. The first-order valence-electron chi connectivity index (χ1n) is 11.5. The van der Waals surface area contributed by atoms with Gasteiger partial charge in [-0.25, -0.2) is 9.79 Å². The second-order valence-corrected chi connectivity index (χ2v) is 9.53. The number of furan rings is 1. The molecule has 1 aromatic heterocycles. The first-order chi connectivity index (χ1) is 17.4. The lowest BCUT2D eigenvalue weighted by Crippen LogP contribution is -2.36. The van der Waals surface area contributed by atoms with Gasteiger partial charge in [-0.3, -0.25) is 9.69 Å². The van der Waals surface area contributed by atoms with Gasteiger partial charge in [0.2, 0.25) is 0 Å². The molecule has 2 aromatic carbocycles. The van der Waals surface area contributed by atoms with Crippen molar-refractivity contribution >= 4 is 46.3 Å². The van der Waals surface area contributed by atoms with Crippen LogP contribution in [0.25, 0.3) is 17.4 Å². The third-order valence-electron chi connectivity index (χ3n) is 6.10. The number of rotatable bonds is 5. The molecule has 0 atom stereocenters. The molecule has 2 fully saturated rings. The molecule has 8 nitrogen and oxygen atoms in total. The summed E-state index contributed by atoms with van der Waals surface area (Å²) in [5.74, 6) is -0.111. The number of carbonyl (C=O) groups excluding carboxylic acids is 1. The van der Waals surface area contributed by atoms with Crippen LogP contribution in [0.1, 0.15) is 21.7 Å². The zero-order valence-corrected chi connectivity index (χ0v) is 20.7. The Labute approximate surface area is 212 Å². The van der Waals surface area contributed by atoms with Crippen LogP contribution in [0, 0.1) is 6.92 Å². The number of carboxylic acids is 1. The third kappa shape index (κ3) is 4.93. The second-order valence-electron chi connectivity index (χ2n) is 8.52. The third-order valence-corrected chi connectivity index (χ3v) is 7.16. The first kappa shape index (κ1) is 23.9. The van der Waals surface area contributed by atoms with E-state index >= 15 is 0 Å². The highest BCUT2D eigenvalue weighted by molar-refractivity contribution is 8.18. The molecule has 2 aliphatic heterocycles. The Balaban J connectivity index is 1.34. The van der Waals surface area contributed by atoms with Gasteiger partial charge in [0.25, 0.3) is 5.91 Å². The fourth-order valence-corrected chi connectivity index (χ4v) is 5.01. The average Bonchev–Trinajstić information content (AvgIpc) is 3.45. The zero-order valence-electron chi connectivity index (χ0n) is 19.9. The van der Waals surface area contributed by atoms with Gasteiger partial charge in [-0.15, -0.1) is 0 Å². The number of benzene rings is 2. The van der Waals surface area contributed by atoms with Crippen LogP contribution in [0.5, 0.6) is 0 Å². The van der Waals surface area contributed by atoms with Crippen molar-refractivity contribution < 1.29 is 23.8 Å². The predicted octanol–water partition coefficient (Wildman–Crippen LogP) is 5.02. The topological polar surface area (TPSA) is 95.6 Å². The van der Waals surface area contributed by atoms with E-state index < -0.39 is 5.97 Å². The summed E-state index contributed by atoms with van der Waals surface area (Å²) in [5, 5.41) is 9.88. The molecule has 2 saturated heterocycles. The normalized spacial score (nSPS) is 18.4. The number of carboxylic acid groups (broad SMARTS) is 1. The molecule has 9 heteroatoms. The van der Waals surface area contributed by atoms with Crippen LogP contribution < -0.4 is 4.90 Å². The van der Waals surface area contributed by atoms with Crippen LogP contribution in [-0.4, -0.2) is 60.4 Å². The summed E-state index contributed by atoms with van der Waals surface area (Å²) >= 11 is 1.29. The van der Waals surface area contributed by atoms with E-state index in [9.17, 15) is 14.7 Å². The molecule has 3 heterocycles. The number of carbonyl (C=O) groups is 2. The maximum absolute atomic E-state index is 12.9. The van der Waals surface area contributed by atoms with Gasteiger partial charge in [-0.1, -0.05) is 6.07 Å². The van der Waals surface area contributed by atoms with Crippen LogP contribution in [0.15, 0.2) is 68.9 Å². The van der Waals surface area contributed by atoms with E-state index in [1.54, 1.807) is 43.5 Å². The van der Waals surface area contributed by atoms with Gasteiger partial charge in [-0.05, 0) is 72.8 Å². The number of aliphatic imine (C=N–C) groups is 1. The standard InChI is InChI=1S/C27H25N3O5S/c1-17-3-4-18(26(32)33)15-22(17)23-10-9-21(35-23)16-24-25(31)29(2)27(36-24)28-19-5-7-20(8-6-19)30-11-13-34-14-12-30/h3-10,15-16H,11-14H2,1-2H3,(H,32,33)/b24-16-,28-27?. The summed E-state index contributed by atoms with van der Waals surface area (Å²) in [6.45, 7) is 5.09. The Morgan fingerprint density at radius 2 is 1.83 bits per heavy atom. The minimum Gasteiger partial charge on any atom is -0.478 e. The minimum atomic E-state index is -0.997. The number of nitrogens with zero attached hydrogens (tertiary/aromatic N) is 3. The molecule has 2 aliphatic rings. The zero-order chi connectivity index (χ0) is 25.2. The highest BCUT2D eigenvalue weighted by Gasteiger charge is 2.30. The number of anilines is 1. The number of likely N-dealkylation sites (N-methyl/N-ethyl adjacent to an activating group) is 1. The van der Waals surface area contributed by atoms with Crippen LogP contribution in [0.2, 0.25) is 0 Å². The lowest BCUT2D eigenvalue weighted by atomic mass is 10.0. The Bertz CT molecular complexity index is 1370. The van der Waals surface area contributed by atoms with Gasteiger partial charge < -0.3 is 19.2 Å². The van der Waals surface area contributed by atoms with Gasteiger partial charge in [0, 0.05) is 37.5 Å². The van der Waals surface area contributed by atoms with Crippen molar-refractivity contribution in [3.8, 4) is 11.3 Å². The van der Waals surface area contributed by atoms with E-state index in [4.69, 9.17) is 9.15 Å². The lowest BCUT2D eigenvalue weighted by molar-refractivity contribution is -0.121. The van der Waals surface area contributed by atoms with Crippen molar-refractivity contribution in [2.45, 2.75) is 6.92 Å². The number of aryl methyl sites for hydroxylation is 1. The Morgan fingerprint density at radius 1 is 1.08 bits per heavy atom. The quantitative estimate of drug-likeness (QED) is 0.488. The summed E-state index contributed by atoms with van der Waals surface area (Å²) in [4.78, 5) is 33.2. The van der Waals surface area contributed by atoms with Crippen molar-refractivity contribution in [2.75, 3.05) is 38.3 Å². The van der Waals surface area contributed by atoms with Gasteiger partial charge in [0.05, 0.1) is 29.4 Å². The van der Waals surface area contributed by atoms with Crippen molar-refractivity contribution in [1.29, 1.82) is 0 Å². The van der Waals surface area contributed by atoms with Crippen LogP contribution in [0.3, 0.4) is 0 Å². The molecular formula is C27H25N3O5S. The van der Waals surface area contributed by atoms with E-state index in [0.29, 0.717) is 27.2 Å². The highest BCUT2D eigenvalue weighted by atomic mass is 32.2. The molecule has 3 aromatic rings. The molecule has 36 heavy (non-hydrogen) atoms. The maximum Gasteiger partial charge on any atom is 0.335 e. The molecule has 0 aliphatic carbocycles. The number of hydrogen-bond acceptors (Lipinski definition) is 7. The van der Waals surface area contributed by atoms with Gasteiger partial charge in [0.15, 0.2) is 5.17 Å². The largest absolute Gasteiger partial charge is 0.478 e. The number of morpholine rings is 1. The minimum absolute atomic E-state index is 0.161.